The molecule has 0 spiro atoms. The maximum Gasteiger partial charge on any atom is 0.342 e. The third kappa shape index (κ3) is 3.15. The van der Waals surface area contributed by atoms with Gasteiger partial charge in [0.05, 0.1) is 4.92 Å². The van der Waals surface area contributed by atoms with E-state index in [1.165, 1.54) is 12.1 Å². The van der Waals surface area contributed by atoms with Crippen LogP contribution in [0.1, 0.15) is 43.5 Å². The molecule has 0 amide bonds. The Morgan fingerprint density at radius 3 is 2.52 bits per heavy atom. The third-order valence-electron chi connectivity index (χ3n) is 4.60. The predicted octanol–water partition coefficient (Wildman–Crippen LogP) is 3.31. The molecule has 1 aliphatic heterocycles. The molecule has 1 heterocycles. The summed E-state index contributed by atoms with van der Waals surface area (Å²) in [5.41, 5.74) is 0.478. The quantitative estimate of drug-likeness (QED) is 0.680. The summed E-state index contributed by atoms with van der Waals surface area (Å²) in [6.07, 6.45) is 3.22. The molecule has 0 aliphatic carbocycles. The van der Waals surface area contributed by atoms with Crippen LogP contribution in [-0.4, -0.2) is 29.1 Å². The lowest BCUT2D eigenvalue weighted by atomic mass is 9.78. The molecule has 1 aromatic rings. The predicted molar refractivity (Wildman–Crippen MR) is 79.9 cm³/mol. The van der Waals surface area contributed by atoms with Crippen LogP contribution in [0, 0.1) is 15.5 Å². The standard InChI is InChI=1S/C15H20N2O4/c1-3-15(2)6-8-16(9-7-15)11-4-5-13(17(20)21)12(10-11)14(18)19/h4-5,10H,3,6-9H2,1-2H3,(H,18,19). The van der Waals surface area contributed by atoms with Gasteiger partial charge in [-0.25, -0.2) is 4.79 Å². The van der Waals surface area contributed by atoms with E-state index in [-0.39, 0.29) is 11.3 Å². The average Bonchev–Trinajstić information content (AvgIpc) is 2.47. The Morgan fingerprint density at radius 2 is 2.05 bits per heavy atom. The Bertz CT molecular complexity index is 563. The molecule has 0 radical (unpaired) electrons. The number of carboxylic acid groups (broad SMARTS) is 1. The van der Waals surface area contributed by atoms with Crippen LogP contribution in [0.2, 0.25) is 0 Å². The molecule has 1 fully saturated rings. The lowest BCUT2D eigenvalue weighted by Crippen LogP contribution is -2.38. The minimum Gasteiger partial charge on any atom is -0.477 e. The highest BCUT2D eigenvalue weighted by atomic mass is 16.6. The SMILES string of the molecule is CCC1(C)CCN(c2ccc([N+](=O)[O-])c(C(=O)O)c2)CC1. The number of anilines is 1. The minimum absolute atomic E-state index is 0.249. The fourth-order valence-electron chi connectivity index (χ4n) is 2.71. The number of carbonyl (C=O) groups is 1. The molecule has 2 rings (SSSR count). The molecule has 1 aliphatic rings. The van der Waals surface area contributed by atoms with E-state index in [1.54, 1.807) is 6.07 Å². The summed E-state index contributed by atoms with van der Waals surface area (Å²) in [4.78, 5) is 23.5. The maximum absolute atomic E-state index is 11.2. The van der Waals surface area contributed by atoms with Crippen LogP contribution in [0.4, 0.5) is 11.4 Å². The zero-order valence-corrected chi connectivity index (χ0v) is 12.3. The van der Waals surface area contributed by atoms with Gasteiger partial charge in [-0.15, -0.1) is 0 Å². The highest BCUT2D eigenvalue weighted by molar-refractivity contribution is 5.93. The summed E-state index contributed by atoms with van der Waals surface area (Å²) in [6, 6.07) is 4.33. The molecule has 0 bridgehead atoms. The van der Waals surface area contributed by atoms with Crippen molar-refractivity contribution in [3.8, 4) is 0 Å². The molecular formula is C15H20N2O4. The van der Waals surface area contributed by atoms with Crippen LogP contribution in [0.15, 0.2) is 18.2 Å². The number of carboxylic acids is 1. The van der Waals surface area contributed by atoms with E-state index in [4.69, 9.17) is 5.11 Å². The van der Waals surface area contributed by atoms with Crippen molar-refractivity contribution >= 4 is 17.3 Å². The largest absolute Gasteiger partial charge is 0.477 e. The van der Waals surface area contributed by atoms with E-state index in [2.05, 4.69) is 18.7 Å². The van der Waals surface area contributed by atoms with Gasteiger partial charge in [-0.05, 0) is 30.4 Å². The van der Waals surface area contributed by atoms with Gasteiger partial charge in [0.2, 0.25) is 0 Å². The van der Waals surface area contributed by atoms with Crippen molar-refractivity contribution < 1.29 is 14.8 Å². The minimum atomic E-state index is -1.26. The number of hydrogen-bond acceptors (Lipinski definition) is 4. The van der Waals surface area contributed by atoms with Gasteiger partial charge < -0.3 is 10.0 Å². The number of hydrogen-bond donors (Lipinski definition) is 1. The Labute approximate surface area is 123 Å². The van der Waals surface area contributed by atoms with E-state index in [0.29, 0.717) is 5.41 Å². The summed E-state index contributed by atoms with van der Waals surface area (Å²) in [5.74, 6) is -1.26. The zero-order valence-electron chi connectivity index (χ0n) is 12.3. The van der Waals surface area contributed by atoms with Gasteiger partial charge in [0.25, 0.3) is 5.69 Å². The van der Waals surface area contributed by atoms with E-state index in [1.807, 2.05) is 0 Å². The van der Waals surface area contributed by atoms with Gasteiger partial charge >= 0.3 is 5.97 Å². The van der Waals surface area contributed by atoms with Crippen molar-refractivity contribution in [1.29, 1.82) is 0 Å². The summed E-state index contributed by atoms with van der Waals surface area (Å²) < 4.78 is 0. The second kappa shape index (κ2) is 5.71. The van der Waals surface area contributed by atoms with Gasteiger partial charge in [-0.2, -0.15) is 0 Å². The number of rotatable bonds is 4. The van der Waals surface area contributed by atoms with Crippen LogP contribution in [0.3, 0.4) is 0 Å². The van der Waals surface area contributed by atoms with Crippen molar-refractivity contribution in [2.24, 2.45) is 5.41 Å². The first kappa shape index (κ1) is 15.3. The molecule has 1 aromatic carbocycles. The van der Waals surface area contributed by atoms with Crippen molar-refractivity contribution in [1.82, 2.24) is 0 Å². The summed E-state index contributed by atoms with van der Waals surface area (Å²) in [5, 5.41) is 20.0. The summed E-state index contributed by atoms with van der Waals surface area (Å²) in [6.45, 7) is 6.15. The fourth-order valence-corrected chi connectivity index (χ4v) is 2.71. The molecule has 1 N–H and O–H groups in total. The van der Waals surface area contributed by atoms with Crippen LogP contribution in [0.25, 0.3) is 0 Å². The van der Waals surface area contributed by atoms with Crippen LogP contribution < -0.4 is 4.90 Å². The molecule has 0 saturated carbocycles. The molecule has 114 valence electrons. The highest BCUT2D eigenvalue weighted by Gasteiger charge is 2.29. The lowest BCUT2D eigenvalue weighted by molar-refractivity contribution is -0.385. The first-order chi connectivity index (χ1) is 9.86. The number of benzene rings is 1. The lowest BCUT2D eigenvalue weighted by Gasteiger charge is -2.40. The first-order valence-electron chi connectivity index (χ1n) is 7.13. The topological polar surface area (TPSA) is 83.7 Å². The number of nitro groups is 1. The monoisotopic (exact) mass is 292 g/mol. The van der Waals surface area contributed by atoms with Crippen LogP contribution in [-0.2, 0) is 0 Å². The van der Waals surface area contributed by atoms with E-state index < -0.39 is 10.9 Å². The zero-order chi connectivity index (χ0) is 15.6. The Balaban J connectivity index is 2.24. The normalized spacial score (nSPS) is 17.5. The van der Waals surface area contributed by atoms with Gasteiger partial charge in [-0.3, -0.25) is 10.1 Å². The number of nitro benzene ring substituents is 1. The van der Waals surface area contributed by atoms with Gasteiger partial charge in [0.15, 0.2) is 0 Å². The first-order valence-corrected chi connectivity index (χ1v) is 7.13. The molecule has 6 heteroatoms. The Kier molecular flexibility index (Phi) is 4.16. The molecular weight excluding hydrogens is 272 g/mol. The van der Waals surface area contributed by atoms with Crippen molar-refractivity contribution in [2.75, 3.05) is 18.0 Å². The van der Waals surface area contributed by atoms with E-state index in [9.17, 15) is 14.9 Å². The fraction of sp³-hybridized carbons (Fsp3) is 0.533. The van der Waals surface area contributed by atoms with Crippen molar-refractivity contribution in [2.45, 2.75) is 33.1 Å². The van der Waals surface area contributed by atoms with E-state index in [0.717, 1.165) is 38.0 Å². The number of nitrogens with zero attached hydrogens (tertiary/aromatic N) is 2. The molecule has 0 aromatic heterocycles. The van der Waals surface area contributed by atoms with Crippen molar-refractivity contribution in [3.63, 3.8) is 0 Å². The molecule has 1 saturated heterocycles. The van der Waals surface area contributed by atoms with Gasteiger partial charge in [-0.1, -0.05) is 20.3 Å². The van der Waals surface area contributed by atoms with E-state index >= 15 is 0 Å². The Hall–Kier alpha value is -2.11. The second-order valence-electron chi connectivity index (χ2n) is 5.91. The van der Waals surface area contributed by atoms with Crippen LogP contribution in [0.5, 0.6) is 0 Å². The second-order valence-corrected chi connectivity index (χ2v) is 5.91. The summed E-state index contributed by atoms with van der Waals surface area (Å²) in [7, 11) is 0. The molecule has 0 atom stereocenters. The molecule has 21 heavy (non-hydrogen) atoms. The molecule has 6 nitrogen and oxygen atoms in total. The Morgan fingerprint density at radius 1 is 1.43 bits per heavy atom. The van der Waals surface area contributed by atoms with Crippen LogP contribution >= 0.6 is 0 Å². The van der Waals surface area contributed by atoms with Crippen molar-refractivity contribution in [3.05, 3.63) is 33.9 Å². The maximum atomic E-state index is 11.2. The average molecular weight is 292 g/mol. The van der Waals surface area contributed by atoms with Gasteiger partial charge in [0, 0.05) is 24.8 Å². The number of piperidine rings is 1. The summed E-state index contributed by atoms with van der Waals surface area (Å²) >= 11 is 0. The molecule has 0 unspecified atom stereocenters. The highest BCUT2D eigenvalue weighted by Crippen LogP contribution is 2.36. The smallest absolute Gasteiger partial charge is 0.342 e. The van der Waals surface area contributed by atoms with Gasteiger partial charge in [0.1, 0.15) is 5.56 Å². The third-order valence-corrected chi connectivity index (χ3v) is 4.60. The number of aromatic carboxylic acids is 1.